The van der Waals surface area contributed by atoms with Gasteiger partial charge in [0.05, 0.1) is 24.4 Å². The van der Waals surface area contributed by atoms with Crippen molar-refractivity contribution in [1.29, 1.82) is 0 Å². The topological polar surface area (TPSA) is 126 Å². The highest BCUT2D eigenvalue weighted by Gasteiger charge is 2.27. The number of nitrogens with one attached hydrogen (secondary N) is 4. The number of amides is 3. The number of hydrogen-bond acceptors (Lipinski definition) is 6. The fraction of sp³-hybridized carbons (Fsp3) is 0.538. The zero-order valence-electron chi connectivity index (χ0n) is 20.3. The minimum Gasteiger partial charge on any atom is -0.463 e. The lowest BCUT2D eigenvalue weighted by molar-refractivity contribution is -0.137. The number of para-hydroxylation sites is 1. The van der Waals surface area contributed by atoms with Crippen LogP contribution in [0.15, 0.2) is 36.4 Å². The third kappa shape index (κ3) is 8.51. The van der Waals surface area contributed by atoms with Gasteiger partial charge in [0, 0.05) is 30.6 Å². The average Bonchev–Trinajstić information content (AvgIpc) is 3.26. The zero-order chi connectivity index (χ0) is 25.0. The molecule has 190 valence electrons. The molecule has 9 heteroatoms. The van der Waals surface area contributed by atoms with Crippen molar-refractivity contribution in [3.63, 3.8) is 0 Å². The molecule has 0 spiro atoms. The average molecular weight is 485 g/mol. The number of ether oxygens (including phenoxy) is 1. The summed E-state index contributed by atoms with van der Waals surface area (Å²) in [5.74, 6) is -1.45. The maximum absolute atomic E-state index is 13.2. The summed E-state index contributed by atoms with van der Waals surface area (Å²) in [7, 11) is 0. The molecule has 0 aromatic heterocycles. The molecule has 9 nitrogen and oxygen atoms in total. The Morgan fingerprint density at radius 3 is 2.63 bits per heavy atom. The highest BCUT2D eigenvalue weighted by Crippen LogP contribution is 2.20. The van der Waals surface area contributed by atoms with Gasteiger partial charge in [0.15, 0.2) is 0 Å². The van der Waals surface area contributed by atoms with Crippen molar-refractivity contribution in [2.24, 2.45) is 5.92 Å². The molecule has 1 aromatic rings. The van der Waals surface area contributed by atoms with E-state index in [1.54, 1.807) is 37.3 Å². The molecule has 2 atom stereocenters. The Balaban J connectivity index is 1.64. The molecule has 1 saturated heterocycles. The maximum atomic E-state index is 13.2. The van der Waals surface area contributed by atoms with Gasteiger partial charge in [0.2, 0.25) is 11.8 Å². The Labute approximate surface area is 206 Å². The summed E-state index contributed by atoms with van der Waals surface area (Å²) in [6, 6.07) is 6.58. The van der Waals surface area contributed by atoms with Gasteiger partial charge in [-0.1, -0.05) is 37.5 Å². The van der Waals surface area contributed by atoms with Gasteiger partial charge in [-0.15, -0.1) is 0 Å². The van der Waals surface area contributed by atoms with Crippen LogP contribution < -0.4 is 21.3 Å². The second kappa shape index (κ2) is 13.6. The highest BCUT2D eigenvalue weighted by molar-refractivity contribution is 6.04. The Kier molecular flexibility index (Phi) is 10.3. The summed E-state index contributed by atoms with van der Waals surface area (Å²) >= 11 is 0. The molecule has 2 aliphatic rings. The first-order valence-corrected chi connectivity index (χ1v) is 12.5. The van der Waals surface area contributed by atoms with E-state index in [0.717, 1.165) is 12.8 Å². The SMILES string of the molecule is CCOC(=O)/C=C/[C@H](CC1CCNC1=O)NC(=O)c1ccccc1NC(=O)CNC1CCCCC1. The normalized spacial score (nSPS) is 19.2. The zero-order valence-corrected chi connectivity index (χ0v) is 20.3. The first-order valence-electron chi connectivity index (χ1n) is 12.5. The maximum Gasteiger partial charge on any atom is 0.330 e. The molecule has 4 N–H and O–H groups in total. The molecule has 1 aromatic carbocycles. The first-order chi connectivity index (χ1) is 17.0. The summed E-state index contributed by atoms with van der Waals surface area (Å²) in [4.78, 5) is 49.6. The van der Waals surface area contributed by atoms with Crippen LogP contribution in [0.25, 0.3) is 0 Å². The van der Waals surface area contributed by atoms with Crippen LogP contribution in [-0.4, -0.2) is 55.5 Å². The second-order valence-electron chi connectivity index (χ2n) is 9.01. The minimum atomic E-state index is -0.558. The van der Waals surface area contributed by atoms with Crippen LogP contribution >= 0.6 is 0 Å². The molecular formula is C26H36N4O5. The largest absolute Gasteiger partial charge is 0.463 e. The molecular weight excluding hydrogens is 448 g/mol. The lowest BCUT2D eigenvalue weighted by Crippen LogP contribution is -2.38. The lowest BCUT2D eigenvalue weighted by atomic mass is 9.95. The number of benzene rings is 1. The fourth-order valence-electron chi connectivity index (χ4n) is 4.52. The molecule has 1 aliphatic heterocycles. The Morgan fingerprint density at radius 2 is 1.91 bits per heavy atom. The van der Waals surface area contributed by atoms with Gasteiger partial charge in [-0.2, -0.15) is 0 Å². The smallest absolute Gasteiger partial charge is 0.330 e. The molecule has 0 radical (unpaired) electrons. The number of rotatable bonds is 11. The van der Waals surface area contributed by atoms with Crippen LogP contribution in [-0.2, 0) is 19.1 Å². The third-order valence-electron chi connectivity index (χ3n) is 6.37. The standard InChI is InChI=1S/C26H36N4O5/c1-2-35-24(32)13-12-20(16-18-14-15-27-25(18)33)29-26(34)21-10-6-7-11-22(21)30-23(31)17-28-19-8-4-3-5-9-19/h6-7,10-13,18-20,28H,2-5,8-9,14-17H2,1H3,(H,27,33)(H,29,34)(H,30,31)/b13-12+/t18?,20-/m1/s1. The lowest BCUT2D eigenvalue weighted by Gasteiger charge is -2.22. The number of hydrogen-bond donors (Lipinski definition) is 4. The summed E-state index contributed by atoms with van der Waals surface area (Å²) in [5.41, 5.74) is 0.719. The number of anilines is 1. The van der Waals surface area contributed by atoms with Crippen LogP contribution in [0.4, 0.5) is 5.69 Å². The number of esters is 1. The predicted octanol–water partition coefficient (Wildman–Crippen LogP) is 2.29. The van der Waals surface area contributed by atoms with Crippen molar-refractivity contribution in [2.45, 2.75) is 64.0 Å². The van der Waals surface area contributed by atoms with E-state index in [1.165, 1.54) is 25.3 Å². The van der Waals surface area contributed by atoms with E-state index in [1.807, 2.05) is 0 Å². The van der Waals surface area contributed by atoms with E-state index < -0.39 is 17.9 Å². The monoisotopic (exact) mass is 484 g/mol. The highest BCUT2D eigenvalue weighted by atomic mass is 16.5. The fourth-order valence-corrected chi connectivity index (χ4v) is 4.52. The van der Waals surface area contributed by atoms with Crippen LogP contribution in [0.5, 0.6) is 0 Å². The summed E-state index contributed by atoms with van der Waals surface area (Å²) < 4.78 is 4.93. The summed E-state index contributed by atoms with van der Waals surface area (Å²) in [5, 5.41) is 11.8. The van der Waals surface area contributed by atoms with Crippen LogP contribution in [0.1, 0.15) is 62.2 Å². The van der Waals surface area contributed by atoms with Crippen molar-refractivity contribution in [1.82, 2.24) is 16.0 Å². The van der Waals surface area contributed by atoms with E-state index in [0.29, 0.717) is 36.7 Å². The van der Waals surface area contributed by atoms with Crippen molar-refractivity contribution < 1.29 is 23.9 Å². The Hall–Kier alpha value is -3.20. The van der Waals surface area contributed by atoms with Gasteiger partial charge in [-0.3, -0.25) is 14.4 Å². The minimum absolute atomic E-state index is 0.0630. The van der Waals surface area contributed by atoms with Crippen molar-refractivity contribution in [3.8, 4) is 0 Å². The molecule has 0 bridgehead atoms. The predicted molar refractivity (Wildman–Crippen MR) is 133 cm³/mol. The van der Waals surface area contributed by atoms with E-state index in [9.17, 15) is 19.2 Å². The second-order valence-corrected chi connectivity index (χ2v) is 9.01. The molecule has 1 aliphatic carbocycles. The van der Waals surface area contributed by atoms with Crippen LogP contribution in [0.3, 0.4) is 0 Å². The molecule has 35 heavy (non-hydrogen) atoms. The van der Waals surface area contributed by atoms with Gasteiger partial charge in [0.25, 0.3) is 5.91 Å². The number of carbonyl (C=O) groups excluding carboxylic acids is 4. The molecule has 2 fully saturated rings. The van der Waals surface area contributed by atoms with Gasteiger partial charge in [0.1, 0.15) is 0 Å². The van der Waals surface area contributed by atoms with Crippen molar-refractivity contribution in [2.75, 3.05) is 25.0 Å². The number of carbonyl (C=O) groups is 4. The van der Waals surface area contributed by atoms with E-state index >= 15 is 0 Å². The Bertz CT molecular complexity index is 926. The Morgan fingerprint density at radius 1 is 1.14 bits per heavy atom. The van der Waals surface area contributed by atoms with Crippen LogP contribution in [0, 0.1) is 5.92 Å². The molecule has 1 unspecified atom stereocenters. The third-order valence-corrected chi connectivity index (χ3v) is 6.37. The molecule has 1 heterocycles. The summed E-state index contributed by atoms with van der Waals surface area (Å²) in [6.45, 7) is 2.73. The quantitative estimate of drug-likeness (QED) is 0.282. The van der Waals surface area contributed by atoms with Gasteiger partial charge >= 0.3 is 5.97 Å². The molecule has 3 rings (SSSR count). The van der Waals surface area contributed by atoms with Gasteiger partial charge < -0.3 is 26.0 Å². The van der Waals surface area contributed by atoms with Gasteiger partial charge in [-0.05, 0) is 44.7 Å². The van der Waals surface area contributed by atoms with E-state index in [4.69, 9.17) is 4.74 Å². The van der Waals surface area contributed by atoms with Crippen molar-refractivity contribution in [3.05, 3.63) is 42.0 Å². The summed E-state index contributed by atoms with van der Waals surface area (Å²) in [6.07, 6.45) is 9.59. The van der Waals surface area contributed by atoms with E-state index in [2.05, 4.69) is 21.3 Å². The molecule has 3 amide bonds. The first kappa shape index (κ1) is 26.4. The molecule has 1 saturated carbocycles. The van der Waals surface area contributed by atoms with Crippen molar-refractivity contribution >= 4 is 29.4 Å². The van der Waals surface area contributed by atoms with E-state index in [-0.39, 0.29) is 30.9 Å². The van der Waals surface area contributed by atoms with Gasteiger partial charge in [-0.25, -0.2) is 4.79 Å². The van der Waals surface area contributed by atoms with Crippen LogP contribution in [0.2, 0.25) is 0 Å².